The van der Waals surface area contributed by atoms with E-state index in [4.69, 9.17) is 5.73 Å². The lowest BCUT2D eigenvalue weighted by Gasteiger charge is -2.33. The zero-order valence-electron chi connectivity index (χ0n) is 11.0. The largest absolute Gasteiger partial charge is 0.330 e. The van der Waals surface area contributed by atoms with Crippen molar-refractivity contribution in [2.45, 2.75) is 57.4 Å². The van der Waals surface area contributed by atoms with Crippen molar-refractivity contribution in [3.8, 4) is 0 Å². The van der Waals surface area contributed by atoms with Gasteiger partial charge in [0.05, 0.1) is 0 Å². The van der Waals surface area contributed by atoms with Gasteiger partial charge in [-0.15, -0.1) is 0 Å². The first kappa shape index (κ1) is 12.0. The predicted molar refractivity (Wildman–Crippen MR) is 71.7 cm³/mol. The van der Waals surface area contributed by atoms with E-state index in [0.29, 0.717) is 0 Å². The first-order valence-electron chi connectivity index (χ1n) is 7.82. The average Bonchev–Trinajstić information content (AvgIpc) is 3.23. The Morgan fingerprint density at radius 2 is 1.59 bits per heavy atom. The summed E-state index contributed by atoms with van der Waals surface area (Å²) in [5.74, 6) is 3.92. The summed E-state index contributed by atoms with van der Waals surface area (Å²) in [4.78, 5) is 0. The fourth-order valence-corrected chi connectivity index (χ4v) is 3.81. The van der Waals surface area contributed by atoms with Crippen molar-refractivity contribution < 1.29 is 0 Å². The van der Waals surface area contributed by atoms with Gasteiger partial charge in [0.25, 0.3) is 0 Å². The van der Waals surface area contributed by atoms with Crippen LogP contribution in [0.5, 0.6) is 0 Å². The third-order valence-corrected chi connectivity index (χ3v) is 5.28. The molecule has 0 aliphatic heterocycles. The third kappa shape index (κ3) is 3.03. The highest BCUT2D eigenvalue weighted by Gasteiger charge is 2.41. The second kappa shape index (κ2) is 5.27. The van der Waals surface area contributed by atoms with Gasteiger partial charge in [-0.25, -0.2) is 0 Å². The van der Waals surface area contributed by atoms with Gasteiger partial charge in [-0.3, -0.25) is 0 Å². The van der Waals surface area contributed by atoms with E-state index in [-0.39, 0.29) is 0 Å². The van der Waals surface area contributed by atoms with Crippen LogP contribution in [-0.2, 0) is 0 Å². The summed E-state index contributed by atoms with van der Waals surface area (Å²) in [6.07, 6.45) is 11.6. The van der Waals surface area contributed by atoms with Crippen LogP contribution in [0.4, 0.5) is 0 Å². The zero-order chi connectivity index (χ0) is 11.7. The molecular weight excluding hydrogens is 208 g/mol. The molecule has 3 N–H and O–H groups in total. The minimum absolute atomic E-state index is 0.730. The highest BCUT2D eigenvalue weighted by Crippen LogP contribution is 2.48. The molecule has 2 unspecified atom stereocenters. The van der Waals surface area contributed by atoms with Crippen molar-refractivity contribution in [2.75, 3.05) is 13.1 Å². The van der Waals surface area contributed by atoms with E-state index in [1.165, 1.54) is 57.9 Å². The first-order valence-corrected chi connectivity index (χ1v) is 7.82. The van der Waals surface area contributed by atoms with Crippen LogP contribution in [0.1, 0.15) is 51.4 Å². The van der Waals surface area contributed by atoms with Crippen molar-refractivity contribution in [3.05, 3.63) is 0 Å². The molecule has 3 saturated carbocycles. The Balaban J connectivity index is 1.47. The fraction of sp³-hybridized carbons (Fsp3) is 1.00. The molecule has 17 heavy (non-hydrogen) atoms. The second-order valence-electron chi connectivity index (χ2n) is 6.63. The Hall–Kier alpha value is -0.0800. The van der Waals surface area contributed by atoms with Crippen LogP contribution >= 0.6 is 0 Å². The van der Waals surface area contributed by atoms with Gasteiger partial charge in [-0.1, -0.05) is 12.8 Å². The quantitative estimate of drug-likeness (QED) is 0.744. The Morgan fingerprint density at radius 1 is 0.941 bits per heavy atom. The first-order chi connectivity index (χ1) is 8.38. The molecule has 3 fully saturated rings. The molecular formula is C15H28N2. The molecule has 0 aromatic carbocycles. The summed E-state index contributed by atoms with van der Waals surface area (Å²) in [6.45, 7) is 2.17. The van der Waals surface area contributed by atoms with Crippen LogP contribution in [0, 0.1) is 23.7 Å². The van der Waals surface area contributed by atoms with E-state index in [2.05, 4.69) is 5.32 Å². The topological polar surface area (TPSA) is 38.0 Å². The lowest BCUT2D eigenvalue weighted by molar-refractivity contribution is 0.245. The van der Waals surface area contributed by atoms with Crippen molar-refractivity contribution in [2.24, 2.45) is 29.4 Å². The molecule has 0 aromatic heterocycles. The highest BCUT2D eigenvalue weighted by molar-refractivity contribution is 4.93. The van der Waals surface area contributed by atoms with Crippen molar-refractivity contribution in [3.63, 3.8) is 0 Å². The second-order valence-corrected chi connectivity index (χ2v) is 6.63. The van der Waals surface area contributed by atoms with Crippen LogP contribution in [0.3, 0.4) is 0 Å². The minimum Gasteiger partial charge on any atom is -0.330 e. The summed E-state index contributed by atoms with van der Waals surface area (Å²) in [5, 5.41) is 3.89. The molecule has 2 atom stereocenters. The average molecular weight is 236 g/mol. The van der Waals surface area contributed by atoms with Gasteiger partial charge in [0, 0.05) is 6.04 Å². The standard InChI is InChI=1S/C15H28N2/c16-9-13-3-1-2-4-15(13)17-10-14(11-5-6-11)12-7-8-12/h11-15,17H,1-10,16H2. The van der Waals surface area contributed by atoms with E-state index in [9.17, 15) is 0 Å². The van der Waals surface area contributed by atoms with E-state index in [0.717, 1.165) is 36.3 Å². The van der Waals surface area contributed by atoms with E-state index in [1.54, 1.807) is 0 Å². The molecule has 0 aromatic rings. The lowest BCUT2D eigenvalue weighted by Crippen LogP contribution is -2.44. The van der Waals surface area contributed by atoms with Gasteiger partial charge >= 0.3 is 0 Å². The Morgan fingerprint density at radius 3 is 2.18 bits per heavy atom. The normalized spacial score (nSPS) is 34.2. The molecule has 98 valence electrons. The predicted octanol–water partition coefficient (Wildman–Crippen LogP) is 2.53. The van der Waals surface area contributed by atoms with Crippen LogP contribution in [0.2, 0.25) is 0 Å². The van der Waals surface area contributed by atoms with Gasteiger partial charge in [0.15, 0.2) is 0 Å². The zero-order valence-corrected chi connectivity index (χ0v) is 11.0. The summed E-state index contributed by atoms with van der Waals surface area (Å²) in [6, 6.07) is 0.730. The maximum absolute atomic E-state index is 5.90. The van der Waals surface area contributed by atoms with Gasteiger partial charge in [-0.05, 0) is 75.3 Å². The van der Waals surface area contributed by atoms with E-state index in [1.807, 2.05) is 0 Å². The van der Waals surface area contributed by atoms with Gasteiger partial charge < -0.3 is 11.1 Å². The summed E-state index contributed by atoms with van der Waals surface area (Å²) >= 11 is 0. The van der Waals surface area contributed by atoms with Crippen LogP contribution in [-0.4, -0.2) is 19.1 Å². The summed E-state index contributed by atoms with van der Waals surface area (Å²) < 4.78 is 0. The SMILES string of the molecule is NCC1CCCCC1NCC(C1CC1)C1CC1. The monoisotopic (exact) mass is 236 g/mol. The van der Waals surface area contributed by atoms with Crippen molar-refractivity contribution >= 4 is 0 Å². The fourth-order valence-electron chi connectivity index (χ4n) is 3.81. The maximum atomic E-state index is 5.90. The number of nitrogens with two attached hydrogens (primary N) is 1. The molecule has 3 rings (SSSR count). The molecule has 0 heterocycles. The number of hydrogen-bond acceptors (Lipinski definition) is 2. The summed E-state index contributed by atoms with van der Waals surface area (Å²) in [7, 11) is 0. The molecule has 2 nitrogen and oxygen atoms in total. The molecule has 0 amide bonds. The minimum atomic E-state index is 0.730. The lowest BCUT2D eigenvalue weighted by atomic mass is 9.84. The van der Waals surface area contributed by atoms with Gasteiger partial charge in [-0.2, -0.15) is 0 Å². The summed E-state index contributed by atoms with van der Waals surface area (Å²) in [5.41, 5.74) is 5.90. The molecule has 0 bridgehead atoms. The van der Waals surface area contributed by atoms with Crippen LogP contribution < -0.4 is 11.1 Å². The molecule has 2 heteroatoms. The van der Waals surface area contributed by atoms with Gasteiger partial charge in [0.2, 0.25) is 0 Å². The number of nitrogens with one attached hydrogen (secondary N) is 1. The Bertz CT molecular complexity index is 233. The molecule has 0 saturated heterocycles. The Kier molecular flexibility index (Phi) is 3.72. The molecule has 3 aliphatic rings. The van der Waals surface area contributed by atoms with Crippen molar-refractivity contribution in [1.29, 1.82) is 0 Å². The van der Waals surface area contributed by atoms with Crippen LogP contribution in [0.15, 0.2) is 0 Å². The number of hydrogen-bond donors (Lipinski definition) is 2. The maximum Gasteiger partial charge on any atom is 0.0107 e. The molecule has 0 radical (unpaired) electrons. The van der Waals surface area contributed by atoms with Gasteiger partial charge in [0.1, 0.15) is 0 Å². The smallest absolute Gasteiger partial charge is 0.0107 e. The molecule has 0 spiro atoms. The van der Waals surface area contributed by atoms with E-state index >= 15 is 0 Å². The van der Waals surface area contributed by atoms with E-state index < -0.39 is 0 Å². The Labute approximate surface area is 106 Å². The third-order valence-electron chi connectivity index (χ3n) is 5.28. The van der Waals surface area contributed by atoms with Crippen molar-refractivity contribution in [1.82, 2.24) is 5.32 Å². The van der Waals surface area contributed by atoms with Crippen LogP contribution in [0.25, 0.3) is 0 Å². The highest BCUT2D eigenvalue weighted by atomic mass is 14.9. The molecule has 3 aliphatic carbocycles. The number of rotatable bonds is 6.